The van der Waals surface area contributed by atoms with E-state index in [0.717, 1.165) is 45.9 Å². The number of nitrogens with one attached hydrogen (secondary N) is 1. The zero-order valence-corrected chi connectivity index (χ0v) is 20.0. The van der Waals surface area contributed by atoms with Gasteiger partial charge in [0.25, 0.3) is 0 Å². The summed E-state index contributed by atoms with van der Waals surface area (Å²) >= 11 is 2.84. The van der Waals surface area contributed by atoms with Gasteiger partial charge in [0.15, 0.2) is 5.78 Å². The number of carbonyl (C=O) groups is 2. The average molecular weight is 471 g/mol. The lowest BCUT2D eigenvalue weighted by atomic mass is 10.2. The highest BCUT2D eigenvalue weighted by molar-refractivity contribution is 8.00. The van der Waals surface area contributed by atoms with E-state index in [-0.39, 0.29) is 23.5 Å². The number of likely N-dealkylation sites (N-methyl/N-ethyl adjacent to an activating group) is 1. The van der Waals surface area contributed by atoms with Gasteiger partial charge in [-0.25, -0.2) is 9.97 Å². The second-order valence-electron chi connectivity index (χ2n) is 7.79. The number of methoxy groups -OCH3 is 1. The molecule has 168 valence electrons. The first-order valence-corrected chi connectivity index (χ1v) is 12.3. The molecule has 1 fully saturated rings. The molecule has 0 unspecified atom stereocenters. The Morgan fingerprint density at radius 2 is 2.12 bits per heavy atom. The number of fused-ring (bicyclic) bond motifs is 1. The van der Waals surface area contributed by atoms with Crippen molar-refractivity contribution in [3.8, 4) is 5.75 Å². The Labute approximate surface area is 195 Å². The van der Waals surface area contributed by atoms with Gasteiger partial charge >= 0.3 is 0 Å². The molecule has 3 heterocycles. The van der Waals surface area contributed by atoms with Crippen molar-refractivity contribution in [1.29, 1.82) is 0 Å². The van der Waals surface area contributed by atoms with Crippen LogP contribution in [0.4, 0.5) is 0 Å². The minimum Gasteiger partial charge on any atom is -0.497 e. The van der Waals surface area contributed by atoms with Crippen LogP contribution in [-0.4, -0.2) is 59.1 Å². The van der Waals surface area contributed by atoms with Crippen LogP contribution in [0.15, 0.2) is 35.4 Å². The van der Waals surface area contributed by atoms with Crippen molar-refractivity contribution in [2.24, 2.45) is 0 Å². The van der Waals surface area contributed by atoms with Gasteiger partial charge in [-0.2, -0.15) is 0 Å². The van der Waals surface area contributed by atoms with E-state index in [1.54, 1.807) is 7.11 Å². The number of benzene rings is 1. The maximum Gasteiger partial charge on any atom is 0.237 e. The molecule has 1 saturated heterocycles. The third-order valence-electron chi connectivity index (χ3n) is 5.52. The molecule has 1 aliphatic heterocycles. The van der Waals surface area contributed by atoms with Crippen LogP contribution in [0.1, 0.15) is 33.2 Å². The molecule has 3 aromatic rings. The topological polar surface area (TPSA) is 84.4 Å². The molecule has 9 heteroatoms. The third-order valence-corrected chi connectivity index (χ3v) is 7.63. The fraction of sp³-hybridized carbons (Fsp3) is 0.391. The summed E-state index contributed by atoms with van der Waals surface area (Å²) < 4.78 is 5.32. The first kappa shape index (κ1) is 22.7. The summed E-state index contributed by atoms with van der Waals surface area (Å²) in [4.78, 5) is 37.9. The fourth-order valence-corrected chi connectivity index (χ4v) is 5.70. The first-order chi connectivity index (χ1) is 15.4. The van der Waals surface area contributed by atoms with E-state index >= 15 is 0 Å². The molecule has 1 atom stereocenters. The summed E-state index contributed by atoms with van der Waals surface area (Å²) in [7, 11) is 3.60. The summed E-state index contributed by atoms with van der Waals surface area (Å²) in [6.07, 6.45) is 1.95. The number of thiophene rings is 1. The van der Waals surface area contributed by atoms with Gasteiger partial charge in [-0.15, -0.1) is 11.3 Å². The van der Waals surface area contributed by atoms with Crippen molar-refractivity contribution >= 4 is 45.7 Å². The standard InChI is InChI=1S/C23H26N4O3S2/c1-14-25-18-8-6-15(30-3)11-17(18)23(26-14)31-13-20(28)21-9-7-16(32-21)12-24-22(29)19-5-4-10-27(19)2/h6-9,11,19H,4-5,10,12-13H2,1-3H3,(H,24,29)/t19-/m0/s1. The Morgan fingerprint density at radius 3 is 2.88 bits per heavy atom. The van der Waals surface area contributed by atoms with Crippen LogP contribution in [0, 0.1) is 6.92 Å². The molecule has 1 aromatic carbocycles. The number of amides is 1. The molecular weight excluding hydrogens is 444 g/mol. The predicted octanol–water partition coefficient (Wildman–Crippen LogP) is 3.69. The van der Waals surface area contributed by atoms with Crippen LogP contribution in [0.3, 0.4) is 0 Å². The van der Waals surface area contributed by atoms with Gasteiger partial charge in [-0.05, 0) is 63.7 Å². The van der Waals surface area contributed by atoms with E-state index in [0.29, 0.717) is 17.2 Å². The summed E-state index contributed by atoms with van der Waals surface area (Å²) in [5, 5.41) is 4.65. The highest BCUT2D eigenvalue weighted by Gasteiger charge is 2.27. The monoisotopic (exact) mass is 470 g/mol. The number of aryl methyl sites for hydroxylation is 1. The molecule has 0 spiro atoms. The van der Waals surface area contributed by atoms with Crippen molar-refractivity contribution in [1.82, 2.24) is 20.2 Å². The number of ketones is 1. The van der Waals surface area contributed by atoms with Gasteiger partial charge < -0.3 is 10.1 Å². The van der Waals surface area contributed by atoms with Crippen LogP contribution in [0.2, 0.25) is 0 Å². The van der Waals surface area contributed by atoms with E-state index < -0.39 is 0 Å². The lowest BCUT2D eigenvalue weighted by Gasteiger charge is -2.18. The van der Waals surface area contributed by atoms with Crippen LogP contribution < -0.4 is 10.1 Å². The summed E-state index contributed by atoms with van der Waals surface area (Å²) in [5.41, 5.74) is 0.829. The number of hydrogen-bond donors (Lipinski definition) is 1. The van der Waals surface area contributed by atoms with Crippen molar-refractivity contribution in [2.45, 2.75) is 37.4 Å². The number of ether oxygens (including phenoxy) is 1. The SMILES string of the molecule is COc1ccc2nc(C)nc(SCC(=O)c3ccc(CNC(=O)[C@@H]4CCCN4C)s3)c2c1. The second kappa shape index (κ2) is 9.97. The van der Waals surface area contributed by atoms with Crippen molar-refractivity contribution in [3.05, 3.63) is 45.9 Å². The van der Waals surface area contributed by atoms with Crippen molar-refractivity contribution in [3.63, 3.8) is 0 Å². The van der Waals surface area contributed by atoms with Crippen LogP contribution in [0.25, 0.3) is 10.9 Å². The molecule has 1 amide bonds. The third kappa shape index (κ3) is 5.11. The smallest absolute Gasteiger partial charge is 0.237 e. The number of rotatable bonds is 8. The van der Waals surface area contributed by atoms with Crippen LogP contribution in [-0.2, 0) is 11.3 Å². The second-order valence-corrected chi connectivity index (χ2v) is 9.93. The molecule has 0 radical (unpaired) electrons. The van der Waals surface area contributed by atoms with Crippen LogP contribution >= 0.6 is 23.1 Å². The van der Waals surface area contributed by atoms with E-state index in [4.69, 9.17) is 4.74 Å². The zero-order valence-electron chi connectivity index (χ0n) is 18.4. The Kier molecular flexibility index (Phi) is 7.07. The van der Waals surface area contributed by atoms with E-state index in [2.05, 4.69) is 20.2 Å². The Bertz CT molecular complexity index is 1150. The molecule has 0 bridgehead atoms. The molecule has 32 heavy (non-hydrogen) atoms. The minimum atomic E-state index is -0.0442. The minimum absolute atomic E-state index is 0.0421. The number of Topliss-reactive ketones (excluding diaryl/α,β-unsaturated/α-hetero) is 1. The van der Waals surface area contributed by atoms with Gasteiger partial charge in [0, 0.05) is 10.3 Å². The Morgan fingerprint density at radius 1 is 1.28 bits per heavy atom. The molecular formula is C23H26N4O3S2. The number of thioether (sulfide) groups is 1. The van der Waals surface area contributed by atoms with Gasteiger partial charge in [-0.3, -0.25) is 14.5 Å². The number of hydrogen-bond acceptors (Lipinski definition) is 8. The lowest BCUT2D eigenvalue weighted by molar-refractivity contribution is -0.125. The number of likely N-dealkylation sites (tertiary alicyclic amines) is 1. The summed E-state index contributed by atoms with van der Waals surface area (Å²) in [6, 6.07) is 9.37. The van der Waals surface area contributed by atoms with E-state index in [1.165, 1.54) is 23.1 Å². The zero-order chi connectivity index (χ0) is 22.7. The Hall–Kier alpha value is -2.49. The number of nitrogens with zero attached hydrogens (tertiary/aromatic N) is 3. The largest absolute Gasteiger partial charge is 0.497 e. The van der Waals surface area contributed by atoms with Crippen molar-refractivity contribution in [2.75, 3.05) is 26.5 Å². The quantitative estimate of drug-likeness (QED) is 0.305. The lowest BCUT2D eigenvalue weighted by Crippen LogP contribution is -2.40. The number of carbonyl (C=O) groups excluding carboxylic acids is 2. The van der Waals surface area contributed by atoms with Gasteiger partial charge in [0.05, 0.1) is 35.8 Å². The molecule has 0 saturated carbocycles. The molecule has 7 nitrogen and oxygen atoms in total. The average Bonchev–Trinajstić information content (AvgIpc) is 3.44. The summed E-state index contributed by atoms with van der Waals surface area (Å²) in [6.45, 7) is 3.25. The molecule has 4 rings (SSSR count). The van der Waals surface area contributed by atoms with Crippen molar-refractivity contribution < 1.29 is 14.3 Å². The molecule has 2 aromatic heterocycles. The summed E-state index contributed by atoms with van der Waals surface area (Å²) in [5.74, 6) is 1.78. The van der Waals surface area contributed by atoms with Gasteiger partial charge in [0.2, 0.25) is 5.91 Å². The first-order valence-electron chi connectivity index (χ1n) is 10.5. The number of aromatic nitrogens is 2. The fourth-order valence-electron chi connectivity index (χ4n) is 3.79. The predicted molar refractivity (Wildman–Crippen MR) is 128 cm³/mol. The van der Waals surface area contributed by atoms with Gasteiger partial charge in [-0.1, -0.05) is 11.8 Å². The van der Waals surface area contributed by atoms with E-state index in [1.807, 2.05) is 44.3 Å². The molecule has 1 aliphatic rings. The maximum atomic E-state index is 12.8. The normalized spacial score (nSPS) is 16.4. The van der Waals surface area contributed by atoms with Gasteiger partial charge in [0.1, 0.15) is 16.6 Å². The highest BCUT2D eigenvalue weighted by Crippen LogP contribution is 2.29. The van der Waals surface area contributed by atoms with Crippen LogP contribution in [0.5, 0.6) is 5.75 Å². The highest BCUT2D eigenvalue weighted by atomic mass is 32.2. The molecule has 0 aliphatic carbocycles. The Balaban J connectivity index is 1.38. The van der Waals surface area contributed by atoms with E-state index in [9.17, 15) is 9.59 Å². The maximum absolute atomic E-state index is 12.8. The molecule has 1 N–H and O–H groups in total.